The Balaban J connectivity index is 2.04. The monoisotopic (exact) mass is 341 g/mol. The first-order valence-electron chi connectivity index (χ1n) is 7.47. The van der Waals surface area contributed by atoms with Crippen LogP contribution in [-0.4, -0.2) is 57.2 Å². The maximum atomic E-state index is 12.4. The van der Waals surface area contributed by atoms with Gasteiger partial charge >= 0.3 is 0 Å². The number of ether oxygens (including phenoxy) is 1. The van der Waals surface area contributed by atoms with Gasteiger partial charge in [-0.2, -0.15) is 17.0 Å². The number of carbonyl (C=O) groups excluding carboxylic acids is 1. The zero-order valence-corrected chi connectivity index (χ0v) is 14.5. The molecule has 0 unspecified atom stereocenters. The van der Waals surface area contributed by atoms with E-state index in [2.05, 4.69) is 5.32 Å². The molecule has 1 aromatic carbocycles. The van der Waals surface area contributed by atoms with Gasteiger partial charge in [-0.3, -0.25) is 4.79 Å². The highest BCUT2D eigenvalue weighted by Crippen LogP contribution is 2.23. The zero-order valence-electron chi connectivity index (χ0n) is 13.7. The van der Waals surface area contributed by atoms with E-state index in [1.807, 2.05) is 0 Å². The maximum absolute atomic E-state index is 12.4. The number of rotatable bonds is 5. The van der Waals surface area contributed by atoms with Crippen LogP contribution in [0.15, 0.2) is 24.3 Å². The average molecular weight is 341 g/mol. The van der Waals surface area contributed by atoms with Gasteiger partial charge < -0.3 is 10.1 Å². The molecule has 1 aliphatic rings. The molecule has 1 aromatic rings. The molecule has 1 saturated heterocycles. The summed E-state index contributed by atoms with van der Waals surface area (Å²) in [5.74, 6) is 0.129. The van der Waals surface area contributed by atoms with Gasteiger partial charge in [-0.05, 0) is 25.0 Å². The van der Waals surface area contributed by atoms with E-state index >= 15 is 0 Å². The fourth-order valence-corrected chi connectivity index (χ4v) is 3.73. The number of methoxy groups -OCH3 is 1. The summed E-state index contributed by atoms with van der Waals surface area (Å²) >= 11 is 0. The van der Waals surface area contributed by atoms with E-state index in [1.54, 1.807) is 31.4 Å². The summed E-state index contributed by atoms with van der Waals surface area (Å²) in [6.07, 6.45) is 1.35. The van der Waals surface area contributed by atoms with Crippen molar-refractivity contribution in [3.63, 3.8) is 0 Å². The number of hydrogen-bond acceptors (Lipinski definition) is 4. The maximum Gasteiger partial charge on any atom is 0.281 e. The molecule has 8 heteroatoms. The molecule has 0 spiro atoms. The molecule has 0 bridgehead atoms. The molecule has 1 fully saturated rings. The number of benzene rings is 1. The third kappa shape index (κ3) is 4.21. The minimum Gasteiger partial charge on any atom is -0.497 e. The van der Waals surface area contributed by atoms with Crippen LogP contribution in [0.5, 0.6) is 5.75 Å². The van der Waals surface area contributed by atoms with Crippen molar-refractivity contribution in [2.45, 2.75) is 12.8 Å². The van der Waals surface area contributed by atoms with Gasteiger partial charge in [-0.1, -0.05) is 6.07 Å². The first-order chi connectivity index (χ1) is 10.8. The molecular weight excluding hydrogens is 318 g/mol. The Bertz CT molecular complexity index is 660. The Kier molecular flexibility index (Phi) is 5.61. The summed E-state index contributed by atoms with van der Waals surface area (Å²) in [4.78, 5) is 12.4. The quantitative estimate of drug-likeness (QED) is 0.871. The van der Waals surface area contributed by atoms with E-state index in [0.29, 0.717) is 30.8 Å². The zero-order chi connectivity index (χ0) is 17.0. The minimum absolute atomic E-state index is 0.170. The SMILES string of the molecule is COc1cccc(NC(=O)[C@H]2CCCN(S(=O)(=O)N(C)C)C2)c1. The molecule has 1 N–H and O–H groups in total. The second kappa shape index (κ2) is 7.29. The summed E-state index contributed by atoms with van der Waals surface area (Å²) in [5.41, 5.74) is 0.641. The minimum atomic E-state index is -3.48. The van der Waals surface area contributed by atoms with Crippen molar-refractivity contribution in [3.05, 3.63) is 24.3 Å². The van der Waals surface area contributed by atoms with Crippen LogP contribution in [-0.2, 0) is 15.0 Å². The van der Waals surface area contributed by atoms with E-state index in [0.717, 1.165) is 0 Å². The molecule has 0 aliphatic carbocycles. The van der Waals surface area contributed by atoms with Crippen molar-refractivity contribution in [1.82, 2.24) is 8.61 Å². The Hall–Kier alpha value is -1.64. The van der Waals surface area contributed by atoms with Gasteiger partial charge in [0.1, 0.15) is 5.75 Å². The lowest BCUT2D eigenvalue weighted by Gasteiger charge is -2.32. The van der Waals surface area contributed by atoms with Gasteiger partial charge in [-0.15, -0.1) is 0 Å². The number of anilines is 1. The van der Waals surface area contributed by atoms with Crippen molar-refractivity contribution >= 4 is 21.8 Å². The molecule has 1 aliphatic heterocycles. The van der Waals surface area contributed by atoms with E-state index in [1.165, 1.54) is 22.7 Å². The van der Waals surface area contributed by atoms with Crippen LogP contribution in [0.1, 0.15) is 12.8 Å². The van der Waals surface area contributed by atoms with Crippen molar-refractivity contribution in [1.29, 1.82) is 0 Å². The smallest absolute Gasteiger partial charge is 0.281 e. The molecule has 7 nitrogen and oxygen atoms in total. The molecule has 0 aromatic heterocycles. The molecule has 1 heterocycles. The fraction of sp³-hybridized carbons (Fsp3) is 0.533. The summed E-state index contributed by atoms with van der Waals surface area (Å²) in [6, 6.07) is 7.09. The highest BCUT2D eigenvalue weighted by molar-refractivity contribution is 7.86. The lowest BCUT2D eigenvalue weighted by molar-refractivity contribution is -0.120. The molecular formula is C15H23N3O4S. The molecule has 1 atom stereocenters. The highest BCUT2D eigenvalue weighted by Gasteiger charge is 2.33. The van der Waals surface area contributed by atoms with E-state index < -0.39 is 10.2 Å². The standard InChI is InChI=1S/C15H23N3O4S/c1-17(2)23(20,21)18-9-5-6-12(11-18)15(19)16-13-7-4-8-14(10-13)22-3/h4,7-8,10,12H,5-6,9,11H2,1-3H3,(H,16,19)/t12-/m0/s1. The number of piperidine rings is 1. The highest BCUT2D eigenvalue weighted by atomic mass is 32.2. The lowest BCUT2D eigenvalue weighted by Crippen LogP contribution is -2.47. The van der Waals surface area contributed by atoms with Crippen LogP contribution >= 0.6 is 0 Å². The van der Waals surface area contributed by atoms with Crippen LogP contribution in [0.3, 0.4) is 0 Å². The fourth-order valence-electron chi connectivity index (χ4n) is 2.54. The molecule has 0 radical (unpaired) electrons. The lowest BCUT2D eigenvalue weighted by atomic mass is 9.98. The number of carbonyl (C=O) groups is 1. The van der Waals surface area contributed by atoms with Crippen LogP contribution in [0.25, 0.3) is 0 Å². The van der Waals surface area contributed by atoms with Gasteiger partial charge in [0.25, 0.3) is 10.2 Å². The average Bonchev–Trinajstić information content (AvgIpc) is 2.55. The van der Waals surface area contributed by atoms with Gasteiger partial charge in [-0.25, -0.2) is 0 Å². The Morgan fingerprint density at radius 1 is 1.39 bits per heavy atom. The Morgan fingerprint density at radius 3 is 2.78 bits per heavy atom. The number of amides is 1. The van der Waals surface area contributed by atoms with Crippen LogP contribution < -0.4 is 10.1 Å². The first kappa shape index (κ1) is 17.7. The van der Waals surface area contributed by atoms with Gasteiger partial charge in [0.05, 0.1) is 13.0 Å². The third-order valence-electron chi connectivity index (χ3n) is 3.88. The molecule has 23 heavy (non-hydrogen) atoms. The number of nitrogens with one attached hydrogen (secondary N) is 1. The van der Waals surface area contributed by atoms with Crippen molar-refractivity contribution < 1.29 is 17.9 Å². The van der Waals surface area contributed by atoms with Crippen molar-refractivity contribution in [2.75, 3.05) is 39.6 Å². The van der Waals surface area contributed by atoms with E-state index in [4.69, 9.17) is 4.74 Å². The largest absolute Gasteiger partial charge is 0.497 e. The predicted molar refractivity (Wildman–Crippen MR) is 88.5 cm³/mol. The number of nitrogens with zero attached hydrogens (tertiary/aromatic N) is 2. The Labute approximate surface area is 137 Å². The normalized spacial score (nSPS) is 19.6. The second-order valence-electron chi connectivity index (χ2n) is 5.71. The van der Waals surface area contributed by atoms with Crippen LogP contribution in [0, 0.1) is 5.92 Å². The predicted octanol–water partition coefficient (Wildman–Crippen LogP) is 1.15. The van der Waals surface area contributed by atoms with Crippen LogP contribution in [0.4, 0.5) is 5.69 Å². The Morgan fingerprint density at radius 2 is 2.13 bits per heavy atom. The van der Waals surface area contributed by atoms with Gasteiger partial charge in [0.15, 0.2) is 0 Å². The third-order valence-corrected chi connectivity index (χ3v) is 5.79. The first-order valence-corrected chi connectivity index (χ1v) is 8.87. The van der Waals surface area contributed by atoms with E-state index in [-0.39, 0.29) is 18.4 Å². The van der Waals surface area contributed by atoms with E-state index in [9.17, 15) is 13.2 Å². The molecule has 2 rings (SSSR count). The molecule has 1 amide bonds. The summed E-state index contributed by atoms with van der Waals surface area (Å²) < 4.78 is 32.1. The molecule has 128 valence electrons. The van der Waals surface area contributed by atoms with Crippen LogP contribution in [0.2, 0.25) is 0 Å². The second-order valence-corrected chi connectivity index (χ2v) is 7.85. The number of hydrogen-bond donors (Lipinski definition) is 1. The van der Waals surface area contributed by atoms with Crippen molar-refractivity contribution in [2.24, 2.45) is 5.92 Å². The summed E-state index contributed by atoms with van der Waals surface area (Å²) in [5, 5.41) is 2.83. The van der Waals surface area contributed by atoms with Gasteiger partial charge in [0, 0.05) is 38.9 Å². The topological polar surface area (TPSA) is 79.0 Å². The van der Waals surface area contributed by atoms with Gasteiger partial charge in [0.2, 0.25) is 5.91 Å². The summed E-state index contributed by atoms with van der Waals surface area (Å²) in [6.45, 7) is 0.653. The van der Waals surface area contributed by atoms with Crippen molar-refractivity contribution in [3.8, 4) is 5.75 Å². The molecule has 0 saturated carbocycles. The summed E-state index contributed by atoms with van der Waals surface area (Å²) in [7, 11) is 1.07.